The Kier molecular flexibility index (Phi) is 9.90. The van der Waals surface area contributed by atoms with Crippen molar-refractivity contribution in [3.8, 4) is 11.4 Å². The van der Waals surface area contributed by atoms with E-state index in [1.54, 1.807) is 32.9 Å². The number of nitrogens with zero attached hydrogens (tertiary/aromatic N) is 1. The Hall–Kier alpha value is -4.90. The summed E-state index contributed by atoms with van der Waals surface area (Å²) in [6.45, 7) is 5.70. The van der Waals surface area contributed by atoms with Gasteiger partial charge in [0, 0.05) is 23.8 Å². The first-order valence-corrected chi connectivity index (χ1v) is 13.8. The van der Waals surface area contributed by atoms with E-state index < -0.39 is 57.9 Å². The largest absolute Gasteiger partial charge is 0.493 e. The van der Waals surface area contributed by atoms with Crippen LogP contribution in [0.4, 0.5) is 19.0 Å². The van der Waals surface area contributed by atoms with Crippen LogP contribution in [0.15, 0.2) is 83.7 Å². The number of nitrogens with two attached hydrogens (primary N) is 1. The number of nitrogens with one attached hydrogen (secondary N) is 1. The molecule has 1 atom stereocenters. The molecule has 1 aromatic heterocycles. The third kappa shape index (κ3) is 7.73. The molecule has 3 aromatic carbocycles. The molecule has 0 radical (unpaired) electrons. The molecular weight excluding hydrogens is 575 g/mol. The number of pyridine rings is 1. The zero-order valence-electron chi connectivity index (χ0n) is 24.4. The fourth-order valence-electron chi connectivity index (χ4n) is 4.42. The molecule has 4 aromatic rings. The van der Waals surface area contributed by atoms with Gasteiger partial charge in [-0.2, -0.15) is 0 Å². The van der Waals surface area contributed by atoms with Gasteiger partial charge >= 0.3 is 5.97 Å². The second kappa shape index (κ2) is 13.6. The zero-order chi connectivity index (χ0) is 32.0. The average molecular weight is 608 g/mol. The van der Waals surface area contributed by atoms with E-state index in [1.807, 2.05) is 18.2 Å². The molecule has 0 aliphatic heterocycles. The fourth-order valence-corrected chi connectivity index (χ4v) is 4.42. The van der Waals surface area contributed by atoms with Crippen molar-refractivity contribution in [3.05, 3.63) is 123 Å². The van der Waals surface area contributed by atoms with Gasteiger partial charge in [0.15, 0.2) is 17.4 Å². The van der Waals surface area contributed by atoms with E-state index in [0.29, 0.717) is 17.5 Å². The van der Waals surface area contributed by atoms with Crippen molar-refractivity contribution >= 4 is 17.6 Å². The van der Waals surface area contributed by atoms with Crippen molar-refractivity contribution in [1.82, 2.24) is 9.88 Å². The lowest BCUT2D eigenvalue weighted by atomic mass is 10.0. The van der Waals surface area contributed by atoms with E-state index >= 15 is 8.78 Å². The number of carbonyl (C=O) groups excluding carboxylic acids is 2. The molecule has 4 rings (SSSR count). The lowest BCUT2D eigenvalue weighted by Crippen LogP contribution is -2.35. The molecule has 230 valence electrons. The van der Waals surface area contributed by atoms with E-state index in [0.717, 1.165) is 42.0 Å². The van der Waals surface area contributed by atoms with Crippen molar-refractivity contribution in [3.63, 3.8) is 0 Å². The minimum absolute atomic E-state index is 0.0464. The van der Waals surface area contributed by atoms with Gasteiger partial charge in [-0.3, -0.25) is 14.2 Å². The summed E-state index contributed by atoms with van der Waals surface area (Å²) in [6, 6.07) is 16.9. The first-order chi connectivity index (χ1) is 20.9. The highest BCUT2D eigenvalue weighted by Crippen LogP contribution is 2.27. The normalized spacial score (nSPS) is 12.0. The van der Waals surface area contributed by atoms with Crippen molar-refractivity contribution < 1.29 is 32.2 Å². The second-order valence-corrected chi connectivity index (χ2v) is 10.9. The molecule has 0 bridgehead atoms. The molecule has 3 N–H and O–H groups in total. The summed E-state index contributed by atoms with van der Waals surface area (Å²) in [4.78, 5) is 38.4. The highest BCUT2D eigenvalue weighted by molar-refractivity contribution is 6.11. The maximum absolute atomic E-state index is 15.2. The van der Waals surface area contributed by atoms with Crippen LogP contribution in [0.25, 0.3) is 5.69 Å². The summed E-state index contributed by atoms with van der Waals surface area (Å²) in [5.41, 5.74) is 4.34. The van der Waals surface area contributed by atoms with Crippen LogP contribution in [0.3, 0.4) is 0 Å². The van der Waals surface area contributed by atoms with Crippen LogP contribution >= 0.6 is 0 Å². The first kappa shape index (κ1) is 32.0. The summed E-state index contributed by atoms with van der Waals surface area (Å²) in [5.74, 6) is -4.57. The molecule has 8 nitrogen and oxygen atoms in total. The van der Waals surface area contributed by atoms with Crippen molar-refractivity contribution in [1.29, 1.82) is 0 Å². The van der Waals surface area contributed by atoms with E-state index in [9.17, 15) is 18.8 Å². The number of rotatable bonds is 11. The van der Waals surface area contributed by atoms with Crippen LogP contribution in [-0.4, -0.2) is 35.1 Å². The number of halogens is 3. The highest BCUT2D eigenvalue weighted by Gasteiger charge is 2.26. The van der Waals surface area contributed by atoms with Crippen molar-refractivity contribution in [2.24, 2.45) is 0 Å². The van der Waals surface area contributed by atoms with Gasteiger partial charge < -0.3 is 20.5 Å². The van der Waals surface area contributed by atoms with Gasteiger partial charge in [-0.15, -0.1) is 0 Å². The quantitative estimate of drug-likeness (QED) is 0.131. The van der Waals surface area contributed by atoms with Gasteiger partial charge in [0.2, 0.25) is 0 Å². The number of ether oxygens (including phenoxy) is 2. The van der Waals surface area contributed by atoms with Gasteiger partial charge in [-0.25, -0.2) is 18.0 Å². The van der Waals surface area contributed by atoms with Crippen molar-refractivity contribution in [2.75, 3.05) is 18.9 Å². The lowest BCUT2D eigenvalue weighted by molar-refractivity contribution is -0.157. The molecule has 0 aliphatic carbocycles. The number of hydrogen-bond acceptors (Lipinski definition) is 7. The molecule has 0 aliphatic rings. The maximum atomic E-state index is 15.2. The number of nitrogen functional groups attached to an aromatic ring is 1. The molecule has 0 fully saturated rings. The minimum Gasteiger partial charge on any atom is -0.493 e. The van der Waals surface area contributed by atoms with E-state index in [-0.39, 0.29) is 23.5 Å². The number of carbonyl (C=O) groups is 2. The number of hydrogen-bond donors (Lipinski definition) is 2. The molecule has 0 unspecified atom stereocenters. The van der Waals surface area contributed by atoms with Crippen molar-refractivity contribution in [2.45, 2.75) is 38.8 Å². The van der Waals surface area contributed by atoms with Gasteiger partial charge in [0.05, 0.1) is 12.2 Å². The third-order valence-electron chi connectivity index (χ3n) is 6.41. The van der Waals surface area contributed by atoms with Gasteiger partial charge in [0.25, 0.3) is 5.56 Å². The molecule has 0 amide bonds. The average Bonchev–Trinajstić information content (AvgIpc) is 2.96. The zero-order valence-corrected chi connectivity index (χ0v) is 24.4. The highest BCUT2D eigenvalue weighted by atomic mass is 19.1. The molecule has 0 spiro atoms. The summed E-state index contributed by atoms with van der Waals surface area (Å²) in [7, 11) is 0. The Morgan fingerprint density at radius 3 is 2.18 bits per heavy atom. The Bertz CT molecular complexity index is 1680. The maximum Gasteiger partial charge on any atom is 0.328 e. The van der Waals surface area contributed by atoms with Crippen LogP contribution in [0.5, 0.6) is 5.75 Å². The monoisotopic (exact) mass is 607 g/mol. The molecule has 11 heteroatoms. The molecule has 0 saturated heterocycles. The lowest BCUT2D eigenvalue weighted by Gasteiger charge is -2.25. The minimum atomic E-state index is -1.15. The number of benzene rings is 3. The summed E-state index contributed by atoms with van der Waals surface area (Å²) < 4.78 is 55.4. The van der Waals surface area contributed by atoms with Gasteiger partial charge in [-0.05, 0) is 69.6 Å². The standard InChI is InChI=1S/C33H32F3N3O5/c1-33(2,3)44-32(42)28(20-8-5-4-6-9-20)38-16-7-17-43-23-18-25(35)29(26(36)19-23)39-27(40)15-14-24(31(39)37)30(41)21-10-12-22(34)13-11-21/h4-6,8-15,18-19,28,38H,7,16-17,37H2,1-3H3/t28-/m0/s1. The molecular formula is C33H32F3N3O5. The van der Waals surface area contributed by atoms with Crippen LogP contribution in [0.2, 0.25) is 0 Å². The summed E-state index contributed by atoms with van der Waals surface area (Å²) in [5, 5.41) is 3.14. The number of anilines is 1. The second-order valence-electron chi connectivity index (χ2n) is 10.9. The van der Waals surface area contributed by atoms with E-state index in [1.165, 1.54) is 12.1 Å². The van der Waals surface area contributed by atoms with Gasteiger partial charge in [0.1, 0.15) is 34.7 Å². The van der Waals surface area contributed by atoms with Crippen LogP contribution in [0.1, 0.15) is 54.7 Å². The predicted molar refractivity (Wildman–Crippen MR) is 159 cm³/mol. The summed E-state index contributed by atoms with van der Waals surface area (Å²) in [6.07, 6.45) is 0.372. The Balaban J connectivity index is 1.45. The summed E-state index contributed by atoms with van der Waals surface area (Å²) >= 11 is 0. The number of ketones is 1. The molecule has 1 heterocycles. The Labute approximate surface area is 252 Å². The topological polar surface area (TPSA) is 113 Å². The molecule has 0 saturated carbocycles. The number of esters is 1. The fraction of sp³-hybridized carbons (Fsp3) is 0.242. The van der Waals surface area contributed by atoms with E-state index in [4.69, 9.17) is 15.2 Å². The van der Waals surface area contributed by atoms with Gasteiger partial charge in [-0.1, -0.05) is 30.3 Å². The van der Waals surface area contributed by atoms with Crippen LogP contribution < -0.4 is 21.3 Å². The third-order valence-corrected chi connectivity index (χ3v) is 6.41. The smallest absolute Gasteiger partial charge is 0.328 e. The predicted octanol–water partition coefficient (Wildman–Crippen LogP) is 5.51. The Morgan fingerprint density at radius 1 is 0.932 bits per heavy atom. The van der Waals surface area contributed by atoms with E-state index in [2.05, 4.69) is 5.32 Å². The Morgan fingerprint density at radius 2 is 1.57 bits per heavy atom. The van der Waals surface area contributed by atoms with Crippen LogP contribution in [0, 0.1) is 17.5 Å². The van der Waals surface area contributed by atoms with Crippen LogP contribution in [-0.2, 0) is 9.53 Å². The number of aromatic nitrogens is 1. The molecule has 44 heavy (non-hydrogen) atoms. The SMILES string of the molecule is CC(C)(C)OC(=O)[C@@H](NCCCOc1cc(F)c(-n2c(N)c(C(=O)c3ccc(F)cc3)ccc2=O)c(F)c1)c1ccccc1. The first-order valence-electron chi connectivity index (χ1n) is 13.8.